The van der Waals surface area contributed by atoms with Crippen LogP contribution in [0.3, 0.4) is 0 Å². The first-order valence-corrected chi connectivity index (χ1v) is 8.54. The van der Waals surface area contributed by atoms with E-state index < -0.39 is 0 Å². The van der Waals surface area contributed by atoms with Crippen molar-refractivity contribution in [2.75, 3.05) is 11.9 Å². The summed E-state index contributed by atoms with van der Waals surface area (Å²) in [5, 5.41) is 10.9. The maximum absolute atomic E-state index is 12.4. The predicted octanol–water partition coefficient (Wildman–Crippen LogP) is 3.27. The first-order valence-electron chi connectivity index (χ1n) is 8.54. The molecule has 0 radical (unpaired) electrons. The molecule has 0 fully saturated rings. The minimum atomic E-state index is -0.366. The van der Waals surface area contributed by atoms with E-state index in [4.69, 9.17) is 4.74 Å². The van der Waals surface area contributed by atoms with Gasteiger partial charge >= 0.3 is 5.97 Å². The molecule has 7 nitrogen and oxygen atoms in total. The lowest BCUT2D eigenvalue weighted by molar-refractivity contribution is 0.0505. The van der Waals surface area contributed by atoms with Crippen molar-refractivity contribution in [1.29, 1.82) is 0 Å². The largest absolute Gasteiger partial charge is 0.462 e. The molecule has 1 amide bonds. The summed E-state index contributed by atoms with van der Waals surface area (Å²) in [6, 6.07) is 11.9. The van der Waals surface area contributed by atoms with Gasteiger partial charge in [-0.05, 0) is 55.8 Å². The third-order valence-electron chi connectivity index (χ3n) is 3.89. The fraction of sp³-hybridized carbons (Fsp3) is 0.263. The van der Waals surface area contributed by atoms with Gasteiger partial charge < -0.3 is 10.1 Å². The van der Waals surface area contributed by atoms with Crippen LogP contribution in [-0.2, 0) is 11.3 Å². The van der Waals surface area contributed by atoms with Gasteiger partial charge in [0.25, 0.3) is 5.91 Å². The zero-order chi connectivity index (χ0) is 18.5. The van der Waals surface area contributed by atoms with Crippen molar-refractivity contribution in [1.82, 2.24) is 15.0 Å². The summed E-state index contributed by atoms with van der Waals surface area (Å²) in [5.41, 5.74) is 3.10. The number of carbonyl (C=O) groups excluding carboxylic acids is 2. The van der Waals surface area contributed by atoms with Crippen LogP contribution in [0.1, 0.15) is 41.0 Å². The number of nitrogens with zero attached hydrogens (tertiary/aromatic N) is 3. The second-order valence-corrected chi connectivity index (χ2v) is 5.78. The van der Waals surface area contributed by atoms with Crippen molar-refractivity contribution in [3.05, 3.63) is 53.6 Å². The Labute approximate surface area is 151 Å². The Bertz CT molecular complexity index is 932. The molecule has 2 aromatic carbocycles. The Morgan fingerprint density at radius 3 is 2.50 bits per heavy atom. The highest BCUT2D eigenvalue weighted by Crippen LogP contribution is 2.16. The maximum atomic E-state index is 12.4. The molecule has 0 spiro atoms. The summed E-state index contributed by atoms with van der Waals surface area (Å²) < 4.78 is 6.85. The molecule has 0 atom stereocenters. The topological polar surface area (TPSA) is 86.1 Å². The highest BCUT2D eigenvalue weighted by Gasteiger charge is 2.11. The van der Waals surface area contributed by atoms with Gasteiger partial charge in [-0.25, -0.2) is 9.48 Å². The number of esters is 1. The zero-order valence-electron chi connectivity index (χ0n) is 14.7. The first kappa shape index (κ1) is 17.6. The molecule has 0 bridgehead atoms. The molecule has 1 N–H and O–H groups in total. The quantitative estimate of drug-likeness (QED) is 0.688. The maximum Gasteiger partial charge on any atom is 0.338 e. The van der Waals surface area contributed by atoms with E-state index in [0.717, 1.165) is 18.5 Å². The van der Waals surface area contributed by atoms with E-state index in [1.807, 2.05) is 19.9 Å². The lowest BCUT2D eigenvalue weighted by Crippen LogP contribution is -2.12. The highest BCUT2D eigenvalue weighted by atomic mass is 16.5. The van der Waals surface area contributed by atoms with Crippen LogP contribution < -0.4 is 5.32 Å². The van der Waals surface area contributed by atoms with Crippen molar-refractivity contribution in [2.45, 2.75) is 26.8 Å². The zero-order valence-corrected chi connectivity index (χ0v) is 14.7. The Hall–Kier alpha value is -3.22. The van der Waals surface area contributed by atoms with Gasteiger partial charge in [0.15, 0.2) is 0 Å². The second-order valence-electron chi connectivity index (χ2n) is 5.78. The molecule has 0 aliphatic carbocycles. The Morgan fingerprint density at radius 2 is 1.81 bits per heavy atom. The van der Waals surface area contributed by atoms with E-state index >= 15 is 0 Å². The van der Waals surface area contributed by atoms with Crippen molar-refractivity contribution >= 4 is 28.6 Å². The summed E-state index contributed by atoms with van der Waals surface area (Å²) in [5.74, 6) is -0.617. The number of benzene rings is 2. The Kier molecular flexibility index (Phi) is 5.26. The van der Waals surface area contributed by atoms with Crippen LogP contribution in [0.25, 0.3) is 11.0 Å². The summed E-state index contributed by atoms with van der Waals surface area (Å²) >= 11 is 0. The number of carbonyl (C=O) groups is 2. The van der Waals surface area contributed by atoms with Gasteiger partial charge in [0, 0.05) is 17.8 Å². The number of hydrogen-bond donors (Lipinski definition) is 1. The van der Waals surface area contributed by atoms with E-state index in [1.165, 1.54) is 0 Å². The van der Waals surface area contributed by atoms with Crippen LogP contribution in [-0.4, -0.2) is 33.5 Å². The van der Waals surface area contributed by atoms with Gasteiger partial charge in [-0.1, -0.05) is 12.1 Å². The number of amides is 1. The highest BCUT2D eigenvalue weighted by molar-refractivity contribution is 6.06. The molecule has 1 heterocycles. The van der Waals surface area contributed by atoms with Crippen LogP contribution in [0.2, 0.25) is 0 Å². The Balaban J connectivity index is 1.70. The van der Waals surface area contributed by atoms with Gasteiger partial charge in [-0.2, -0.15) is 0 Å². The number of aromatic nitrogens is 3. The Morgan fingerprint density at radius 1 is 1.08 bits per heavy atom. The van der Waals surface area contributed by atoms with Crippen LogP contribution in [0, 0.1) is 0 Å². The smallest absolute Gasteiger partial charge is 0.338 e. The molecule has 0 aliphatic heterocycles. The molecule has 7 heteroatoms. The van der Waals surface area contributed by atoms with E-state index in [-0.39, 0.29) is 11.9 Å². The fourth-order valence-corrected chi connectivity index (χ4v) is 2.52. The number of aryl methyl sites for hydroxylation is 1. The monoisotopic (exact) mass is 352 g/mol. The van der Waals surface area contributed by atoms with Crippen molar-refractivity contribution in [2.24, 2.45) is 0 Å². The van der Waals surface area contributed by atoms with Gasteiger partial charge in [0.2, 0.25) is 0 Å². The second kappa shape index (κ2) is 7.77. The van der Waals surface area contributed by atoms with E-state index in [0.29, 0.717) is 28.9 Å². The van der Waals surface area contributed by atoms with Crippen molar-refractivity contribution < 1.29 is 14.3 Å². The third-order valence-corrected chi connectivity index (χ3v) is 3.89. The van der Waals surface area contributed by atoms with Gasteiger partial charge in [-0.3, -0.25) is 4.79 Å². The number of nitrogens with one attached hydrogen (secondary N) is 1. The third kappa shape index (κ3) is 3.72. The summed E-state index contributed by atoms with van der Waals surface area (Å²) in [4.78, 5) is 24.2. The molecular weight excluding hydrogens is 332 g/mol. The van der Waals surface area contributed by atoms with Crippen LogP contribution in [0.15, 0.2) is 42.5 Å². The molecule has 0 saturated heterocycles. The molecule has 26 heavy (non-hydrogen) atoms. The van der Waals surface area contributed by atoms with Gasteiger partial charge in [0.05, 0.1) is 17.7 Å². The molecule has 134 valence electrons. The average molecular weight is 352 g/mol. The van der Waals surface area contributed by atoms with Crippen LogP contribution >= 0.6 is 0 Å². The standard InChI is InChI=1S/C19H20N4O3/c1-3-11-26-19(25)13-5-8-15(9-6-13)20-18(24)14-7-10-17-16(12-14)21-22-23(17)4-2/h5-10,12H,3-4,11H2,1-2H3,(H,20,24). The number of fused-ring (bicyclic) bond motifs is 1. The SMILES string of the molecule is CCCOC(=O)c1ccc(NC(=O)c2ccc3c(c2)nnn3CC)cc1. The normalized spacial score (nSPS) is 10.7. The van der Waals surface area contributed by atoms with E-state index in [9.17, 15) is 9.59 Å². The molecule has 0 aliphatic rings. The molecular formula is C19H20N4O3. The van der Waals surface area contributed by atoms with Crippen molar-refractivity contribution in [3.8, 4) is 0 Å². The summed E-state index contributed by atoms with van der Waals surface area (Å²) in [6.07, 6.45) is 0.774. The number of rotatable bonds is 6. The minimum absolute atomic E-state index is 0.251. The molecule has 3 aromatic rings. The lowest BCUT2D eigenvalue weighted by Gasteiger charge is -2.07. The summed E-state index contributed by atoms with van der Waals surface area (Å²) in [6.45, 7) is 5.03. The number of ether oxygens (including phenoxy) is 1. The lowest BCUT2D eigenvalue weighted by atomic mass is 10.1. The van der Waals surface area contributed by atoms with Crippen LogP contribution in [0.4, 0.5) is 5.69 Å². The minimum Gasteiger partial charge on any atom is -0.462 e. The van der Waals surface area contributed by atoms with Crippen LogP contribution in [0.5, 0.6) is 0 Å². The molecule has 0 unspecified atom stereocenters. The van der Waals surface area contributed by atoms with Gasteiger partial charge in [0.1, 0.15) is 5.52 Å². The predicted molar refractivity (Wildman–Crippen MR) is 98.2 cm³/mol. The van der Waals surface area contributed by atoms with Crippen molar-refractivity contribution in [3.63, 3.8) is 0 Å². The number of hydrogen-bond acceptors (Lipinski definition) is 5. The van der Waals surface area contributed by atoms with Gasteiger partial charge in [-0.15, -0.1) is 5.10 Å². The molecule has 1 aromatic heterocycles. The van der Waals surface area contributed by atoms with E-state index in [2.05, 4.69) is 15.6 Å². The first-order chi connectivity index (χ1) is 12.6. The number of anilines is 1. The molecule has 3 rings (SSSR count). The molecule has 0 saturated carbocycles. The van der Waals surface area contributed by atoms with E-state index in [1.54, 1.807) is 41.1 Å². The fourth-order valence-electron chi connectivity index (χ4n) is 2.52. The average Bonchev–Trinajstić information content (AvgIpc) is 3.09. The summed E-state index contributed by atoms with van der Waals surface area (Å²) in [7, 11) is 0.